The van der Waals surface area contributed by atoms with Crippen molar-refractivity contribution in [2.45, 2.75) is 77.8 Å². The lowest BCUT2D eigenvalue weighted by molar-refractivity contribution is -0.267. The summed E-state index contributed by atoms with van der Waals surface area (Å²) < 4.78 is 5.69. The van der Waals surface area contributed by atoms with Crippen molar-refractivity contribution >= 4 is 34.6 Å². The van der Waals surface area contributed by atoms with E-state index in [9.17, 15) is 19.2 Å². The molecule has 4 amide bonds. The average Bonchev–Trinajstić information content (AvgIpc) is 2.91. The van der Waals surface area contributed by atoms with Gasteiger partial charge in [-0.15, -0.1) is 0 Å². The predicted octanol–water partition coefficient (Wildman–Crippen LogP) is 3.57. The van der Waals surface area contributed by atoms with Gasteiger partial charge in [0.2, 0.25) is 11.8 Å². The number of nitrogens with zero attached hydrogens (tertiary/aromatic N) is 3. The van der Waals surface area contributed by atoms with E-state index in [0.29, 0.717) is 18.9 Å². The van der Waals surface area contributed by atoms with E-state index in [1.54, 1.807) is 4.90 Å². The van der Waals surface area contributed by atoms with Crippen LogP contribution in [0.2, 0.25) is 0 Å². The molecule has 2 heterocycles. The fraction of sp³-hybridized carbons (Fsp3) is 0.517. The number of hydrogen-bond acceptors (Lipinski definition) is 6. The molecule has 2 fully saturated rings. The van der Waals surface area contributed by atoms with Crippen molar-refractivity contribution < 1.29 is 28.8 Å². The van der Waals surface area contributed by atoms with Crippen LogP contribution in [0.1, 0.15) is 58.4 Å². The van der Waals surface area contributed by atoms with Crippen LogP contribution in [0.3, 0.4) is 0 Å². The van der Waals surface area contributed by atoms with Crippen LogP contribution in [0, 0.1) is 5.92 Å². The number of rotatable bonds is 10. The van der Waals surface area contributed by atoms with Crippen LogP contribution in [0.25, 0.3) is 10.8 Å². The van der Waals surface area contributed by atoms with Crippen LogP contribution >= 0.6 is 0 Å². The van der Waals surface area contributed by atoms with Crippen molar-refractivity contribution in [1.29, 1.82) is 0 Å². The summed E-state index contributed by atoms with van der Waals surface area (Å²) in [6.07, 6.45) is -0.635. The van der Waals surface area contributed by atoms with Gasteiger partial charge in [-0.3, -0.25) is 19.2 Å². The maximum absolute atomic E-state index is 13.5. The molecule has 0 aromatic heterocycles. The Balaban J connectivity index is 1.62. The number of hydrogen-bond donors (Lipinski definition) is 1. The van der Waals surface area contributed by atoms with E-state index in [0.717, 1.165) is 40.7 Å². The number of piperazine rings is 1. The lowest BCUT2D eigenvalue weighted by atomic mass is 9.99. The average molecular weight is 539 g/mol. The van der Waals surface area contributed by atoms with E-state index in [4.69, 9.17) is 15.3 Å². The summed E-state index contributed by atoms with van der Waals surface area (Å²) in [7, 11) is 0. The third-order valence-corrected chi connectivity index (χ3v) is 7.28. The van der Waals surface area contributed by atoms with Crippen LogP contribution in [-0.2, 0) is 30.6 Å². The largest absolute Gasteiger partial charge is 0.443 e. The van der Waals surface area contributed by atoms with Gasteiger partial charge in [-0.05, 0) is 35.1 Å². The molecule has 3 atom stereocenters. The maximum Gasteiger partial charge on any atom is 0.436 e. The molecule has 10 heteroatoms. The molecule has 0 saturated carbocycles. The number of carbonyl (C=O) groups is 4. The van der Waals surface area contributed by atoms with Gasteiger partial charge < -0.3 is 20.3 Å². The van der Waals surface area contributed by atoms with Crippen molar-refractivity contribution in [3.63, 3.8) is 0 Å². The first-order chi connectivity index (χ1) is 18.7. The third-order valence-electron chi connectivity index (χ3n) is 7.28. The second-order valence-corrected chi connectivity index (χ2v) is 10.6. The summed E-state index contributed by atoms with van der Waals surface area (Å²) in [4.78, 5) is 61.3. The molecule has 10 nitrogen and oxygen atoms in total. The second-order valence-electron chi connectivity index (χ2n) is 10.6. The fourth-order valence-electron chi connectivity index (χ4n) is 5.19. The van der Waals surface area contributed by atoms with E-state index < -0.39 is 42.6 Å². The summed E-state index contributed by atoms with van der Waals surface area (Å²) in [5.41, 5.74) is 6.21. The maximum atomic E-state index is 13.5. The summed E-state index contributed by atoms with van der Waals surface area (Å²) >= 11 is 0. The summed E-state index contributed by atoms with van der Waals surface area (Å²) in [5, 5.41) is 3.00. The monoisotopic (exact) mass is 538 g/mol. The molecule has 2 aliphatic rings. The van der Waals surface area contributed by atoms with Crippen LogP contribution in [0.15, 0.2) is 42.5 Å². The van der Waals surface area contributed by atoms with Crippen molar-refractivity contribution in [2.24, 2.45) is 11.7 Å². The number of amides is 4. The Morgan fingerprint density at radius 3 is 2.56 bits per heavy atom. The standard InChI is InChI=1S/C29H38N4O6/c1-4-5-13-23-27(35)31(15-14-19(2)3)17-26-32(23)28(36)24(16-25(30)34)39-33(26)29(37)38-18-21-11-8-10-20-9-6-7-12-22(20)21/h6-12,19,23-24,26H,4-5,13-18H2,1-3H3,(H2,30,34)/t23-,24+,26?/m0/s1. The van der Waals surface area contributed by atoms with Gasteiger partial charge in [-0.1, -0.05) is 76.1 Å². The molecule has 2 saturated heterocycles. The summed E-state index contributed by atoms with van der Waals surface area (Å²) in [6.45, 7) is 6.74. The molecular formula is C29H38N4O6. The molecule has 2 aromatic rings. The number of nitrogens with two attached hydrogens (primary N) is 1. The third kappa shape index (κ3) is 6.33. The molecular weight excluding hydrogens is 500 g/mol. The Hall–Kier alpha value is -3.66. The van der Waals surface area contributed by atoms with Gasteiger partial charge >= 0.3 is 6.09 Å². The number of unbranched alkanes of at least 4 members (excludes halogenated alkanes) is 1. The van der Waals surface area contributed by atoms with Crippen LogP contribution in [-0.4, -0.2) is 70.1 Å². The van der Waals surface area contributed by atoms with Gasteiger partial charge in [-0.25, -0.2) is 4.79 Å². The predicted molar refractivity (Wildman–Crippen MR) is 145 cm³/mol. The Bertz CT molecular complexity index is 1210. The topological polar surface area (TPSA) is 122 Å². The summed E-state index contributed by atoms with van der Waals surface area (Å²) in [5.74, 6) is -1.05. The van der Waals surface area contributed by atoms with Gasteiger partial charge in [0.05, 0.1) is 13.0 Å². The first kappa shape index (κ1) is 28.4. The van der Waals surface area contributed by atoms with Crippen LogP contribution in [0.4, 0.5) is 4.79 Å². The first-order valence-electron chi connectivity index (χ1n) is 13.7. The smallest absolute Gasteiger partial charge is 0.436 e. The zero-order valence-corrected chi connectivity index (χ0v) is 22.9. The van der Waals surface area contributed by atoms with Gasteiger partial charge in [0.25, 0.3) is 5.91 Å². The normalized spacial score (nSPS) is 21.4. The minimum absolute atomic E-state index is 0.0174. The number of ether oxygens (including phenoxy) is 1. The molecule has 0 aliphatic carbocycles. The number of benzene rings is 2. The number of hydroxylamine groups is 2. The van der Waals surface area contributed by atoms with Crippen molar-refractivity contribution in [3.05, 3.63) is 48.0 Å². The molecule has 0 bridgehead atoms. The highest BCUT2D eigenvalue weighted by atomic mass is 16.7. The Kier molecular flexibility index (Phi) is 9.06. The van der Waals surface area contributed by atoms with Crippen LogP contribution in [0.5, 0.6) is 0 Å². The second kappa shape index (κ2) is 12.5. The lowest BCUT2D eigenvalue weighted by Crippen LogP contribution is -2.73. The van der Waals surface area contributed by atoms with Crippen molar-refractivity contribution in [2.75, 3.05) is 13.1 Å². The van der Waals surface area contributed by atoms with Crippen molar-refractivity contribution in [1.82, 2.24) is 14.9 Å². The van der Waals surface area contributed by atoms with E-state index in [1.807, 2.05) is 49.4 Å². The zero-order valence-electron chi connectivity index (χ0n) is 22.9. The van der Waals surface area contributed by atoms with E-state index in [1.165, 1.54) is 4.90 Å². The van der Waals surface area contributed by atoms with E-state index >= 15 is 0 Å². The molecule has 2 aromatic carbocycles. The van der Waals surface area contributed by atoms with Gasteiger partial charge in [0.15, 0.2) is 12.3 Å². The minimum Gasteiger partial charge on any atom is -0.443 e. The molecule has 4 rings (SSSR count). The molecule has 0 radical (unpaired) electrons. The SMILES string of the molecule is CCCC[C@H]1C(=O)N(CCC(C)C)CC2N(C(=O)OCc3cccc4ccccc34)O[C@H](CC(N)=O)C(=O)N21. The quantitative estimate of drug-likeness (QED) is 0.494. The van der Waals surface area contributed by atoms with E-state index in [-0.39, 0.29) is 19.1 Å². The number of carbonyl (C=O) groups excluding carboxylic acids is 4. The van der Waals surface area contributed by atoms with Crippen molar-refractivity contribution in [3.8, 4) is 0 Å². The van der Waals surface area contributed by atoms with Crippen LogP contribution < -0.4 is 5.73 Å². The Labute approximate surface area is 228 Å². The fourth-order valence-corrected chi connectivity index (χ4v) is 5.19. The van der Waals surface area contributed by atoms with Gasteiger partial charge in [0.1, 0.15) is 12.6 Å². The molecule has 210 valence electrons. The summed E-state index contributed by atoms with van der Waals surface area (Å²) in [6, 6.07) is 12.8. The molecule has 2 N–H and O–H groups in total. The number of fused-ring (bicyclic) bond motifs is 2. The highest BCUT2D eigenvalue weighted by Crippen LogP contribution is 2.31. The molecule has 0 spiro atoms. The molecule has 2 aliphatic heterocycles. The highest BCUT2D eigenvalue weighted by molar-refractivity contribution is 5.94. The Morgan fingerprint density at radius 1 is 1.10 bits per heavy atom. The van der Waals surface area contributed by atoms with E-state index in [2.05, 4.69) is 13.8 Å². The van der Waals surface area contributed by atoms with Gasteiger partial charge in [-0.2, -0.15) is 5.06 Å². The Morgan fingerprint density at radius 2 is 1.85 bits per heavy atom. The lowest BCUT2D eigenvalue weighted by Gasteiger charge is -2.52. The number of primary amides is 1. The molecule has 39 heavy (non-hydrogen) atoms. The zero-order chi connectivity index (χ0) is 28.1. The van der Waals surface area contributed by atoms with Gasteiger partial charge in [0, 0.05) is 6.54 Å². The molecule has 1 unspecified atom stereocenters. The first-order valence-corrected chi connectivity index (χ1v) is 13.7. The minimum atomic E-state index is -1.32. The highest BCUT2D eigenvalue weighted by Gasteiger charge is 2.53.